The van der Waals surface area contributed by atoms with E-state index in [4.69, 9.17) is 17.3 Å². The van der Waals surface area contributed by atoms with Gasteiger partial charge < -0.3 is 5.73 Å². The molecule has 7 nitrogen and oxygen atoms in total. The molecule has 0 saturated heterocycles. The van der Waals surface area contributed by atoms with Crippen molar-refractivity contribution in [1.82, 2.24) is 14.9 Å². The van der Waals surface area contributed by atoms with Gasteiger partial charge in [-0.3, -0.25) is 19.5 Å². The second-order valence-corrected chi connectivity index (χ2v) is 4.24. The van der Waals surface area contributed by atoms with Crippen LogP contribution < -0.4 is 16.6 Å². The molecule has 1 unspecified atom stereocenters. The molecule has 0 saturated carbocycles. The van der Waals surface area contributed by atoms with Crippen molar-refractivity contribution in [2.45, 2.75) is 13.0 Å². The number of nitrogens with zero attached hydrogens (tertiary/aromatic N) is 2. The van der Waals surface area contributed by atoms with E-state index in [0.717, 1.165) is 10.9 Å². The topological polar surface area (TPSA) is 107 Å². The van der Waals surface area contributed by atoms with Crippen molar-refractivity contribution in [3.05, 3.63) is 26.3 Å². The molecule has 0 bridgehead atoms. The highest BCUT2D eigenvalue weighted by Crippen LogP contribution is 2.15. The quantitative estimate of drug-likeness (QED) is 0.769. The van der Waals surface area contributed by atoms with E-state index >= 15 is 0 Å². The van der Waals surface area contributed by atoms with E-state index in [2.05, 4.69) is 20.9 Å². The van der Waals surface area contributed by atoms with E-state index in [1.165, 1.54) is 6.92 Å². The molecule has 0 aromatic carbocycles. The molecule has 1 atom stereocenters. The van der Waals surface area contributed by atoms with E-state index in [0.29, 0.717) is 0 Å². The standard InChI is InChI=1S/C8H8BrClN4O3/c1-3(6(15)13-8(11)17)14-2-12-5(10)4(9)7(14)16/h2-3H,1H3,(H3,11,13,15,17). The van der Waals surface area contributed by atoms with Crippen molar-refractivity contribution >= 4 is 39.5 Å². The van der Waals surface area contributed by atoms with Gasteiger partial charge in [-0.2, -0.15) is 0 Å². The van der Waals surface area contributed by atoms with Crippen molar-refractivity contribution < 1.29 is 9.59 Å². The maximum atomic E-state index is 11.7. The Hall–Kier alpha value is -1.41. The summed E-state index contributed by atoms with van der Waals surface area (Å²) in [5.74, 6) is -0.712. The van der Waals surface area contributed by atoms with Crippen LogP contribution in [-0.2, 0) is 4.79 Å². The summed E-state index contributed by atoms with van der Waals surface area (Å²) in [7, 11) is 0. The number of hydrogen-bond acceptors (Lipinski definition) is 4. The highest BCUT2D eigenvalue weighted by molar-refractivity contribution is 9.10. The summed E-state index contributed by atoms with van der Waals surface area (Å²) in [6.45, 7) is 1.42. The number of hydrogen-bond donors (Lipinski definition) is 2. The van der Waals surface area contributed by atoms with E-state index < -0.39 is 23.5 Å². The van der Waals surface area contributed by atoms with E-state index in [1.807, 2.05) is 5.32 Å². The van der Waals surface area contributed by atoms with Crippen molar-refractivity contribution in [2.75, 3.05) is 0 Å². The summed E-state index contributed by atoms with van der Waals surface area (Å²) in [6.07, 6.45) is 1.11. The number of imide groups is 1. The Morgan fingerprint density at radius 3 is 2.76 bits per heavy atom. The number of rotatable bonds is 2. The van der Waals surface area contributed by atoms with Crippen molar-refractivity contribution in [3.63, 3.8) is 0 Å². The summed E-state index contributed by atoms with van der Waals surface area (Å²) < 4.78 is 1.06. The van der Waals surface area contributed by atoms with Gasteiger partial charge in [0.05, 0.1) is 6.33 Å². The molecule has 0 aliphatic rings. The number of primary amides is 1. The predicted octanol–water partition coefficient (Wildman–Crippen LogP) is 0.415. The third kappa shape index (κ3) is 3.04. The second kappa shape index (κ2) is 5.28. The minimum atomic E-state index is -0.990. The molecular weight excluding hydrogens is 315 g/mol. The first-order valence-corrected chi connectivity index (χ1v) is 5.54. The third-order valence-electron chi connectivity index (χ3n) is 1.94. The van der Waals surface area contributed by atoms with Gasteiger partial charge in [0, 0.05) is 0 Å². The molecule has 1 rings (SSSR count). The zero-order chi connectivity index (χ0) is 13.2. The summed E-state index contributed by atoms with van der Waals surface area (Å²) in [4.78, 5) is 37.4. The van der Waals surface area contributed by atoms with Gasteiger partial charge in [-0.05, 0) is 22.9 Å². The van der Waals surface area contributed by atoms with Crippen LogP contribution in [0.25, 0.3) is 0 Å². The highest BCUT2D eigenvalue weighted by atomic mass is 79.9. The lowest BCUT2D eigenvalue weighted by atomic mass is 10.3. The Balaban J connectivity index is 3.09. The molecule has 1 aromatic rings. The fourth-order valence-corrected chi connectivity index (χ4v) is 1.48. The van der Waals surface area contributed by atoms with Gasteiger partial charge in [0.2, 0.25) is 0 Å². The van der Waals surface area contributed by atoms with Gasteiger partial charge >= 0.3 is 6.03 Å². The number of urea groups is 1. The van der Waals surface area contributed by atoms with E-state index in [9.17, 15) is 14.4 Å². The first-order valence-electron chi connectivity index (χ1n) is 4.37. The normalized spacial score (nSPS) is 11.9. The number of carbonyl (C=O) groups is 2. The molecule has 0 radical (unpaired) electrons. The van der Waals surface area contributed by atoms with Gasteiger partial charge in [-0.1, -0.05) is 11.6 Å². The van der Waals surface area contributed by atoms with Crippen molar-refractivity contribution in [1.29, 1.82) is 0 Å². The van der Waals surface area contributed by atoms with Crippen molar-refractivity contribution in [3.8, 4) is 0 Å². The van der Waals surface area contributed by atoms with E-state index in [-0.39, 0.29) is 9.63 Å². The van der Waals surface area contributed by atoms with Crippen LogP contribution in [0.2, 0.25) is 5.15 Å². The Labute approximate surface area is 109 Å². The van der Waals surface area contributed by atoms with Crippen LogP contribution in [0.15, 0.2) is 15.6 Å². The van der Waals surface area contributed by atoms with Crippen LogP contribution in [0.5, 0.6) is 0 Å². The Morgan fingerprint density at radius 2 is 2.24 bits per heavy atom. The molecule has 9 heteroatoms. The Bertz CT molecular complexity index is 530. The zero-order valence-corrected chi connectivity index (χ0v) is 10.9. The smallest absolute Gasteiger partial charge is 0.318 e. The maximum absolute atomic E-state index is 11.7. The van der Waals surface area contributed by atoms with Crippen LogP contribution in [-0.4, -0.2) is 21.5 Å². The molecule has 0 aliphatic heterocycles. The van der Waals surface area contributed by atoms with Gasteiger partial charge in [-0.25, -0.2) is 9.78 Å². The lowest BCUT2D eigenvalue weighted by Gasteiger charge is -2.13. The molecule has 92 valence electrons. The van der Waals surface area contributed by atoms with Crippen LogP contribution in [0.1, 0.15) is 13.0 Å². The summed E-state index contributed by atoms with van der Waals surface area (Å²) >= 11 is 8.56. The number of nitrogens with two attached hydrogens (primary N) is 1. The maximum Gasteiger partial charge on any atom is 0.318 e. The fraction of sp³-hybridized carbons (Fsp3) is 0.250. The number of aromatic nitrogens is 2. The van der Waals surface area contributed by atoms with Crippen LogP contribution in [0, 0.1) is 0 Å². The molecule has 1 heterocycles. The van der Waals surface area contributed by atoms with Gasteiger partial charge in [0.1, 0.15) is 10.5 Å². The molecule has 0 spiro atoms. The third-order valence-corrected chi connectivity index (χ3v) is 3.17. The van der Waals surface area contributed by atoms with Crippen molar-refractivity contribution in [2.24, 2.45) is 5.73 Å². The molecule has 3 N–H and O–H groups in total. The van der Waals surface area contributed by atoms with Crippen LogP contribution >= 0.6 is 27.5 Å². The highest BCUT2D eigenvalue weighted by Gasteiger charge is 2.19. The molecule has 1 aromatic heterocycles. The van der Waals surface area contributed by atoms with Gasteiger partial charge in [0.15, 0.2) is 5.15 Å². The minimum absolute atomic E-state index is 0.00578. The number of nitrogens with one attached hydrogen (secondary N) is 1. The summed E-state index contributed by atoms with van der Waals surface area (Å²) in [5, 5.41) is 1.86. The summed E-state index contributed by atoms with van der Waals surface area (Å²) in [6, 6.07) is -1.92. The molecular formula is C8H8BrClN4O3. The van der Waals surface area contributed by atoms with Crippen LogP contribution in [0.4, 0.5) is 4.79 Å². The molecule has 0 fully saturated rings. The zero-order valence-electron chi connectivity index (χ0n) is 8.61. The number of carbonyl (C=O) groups excluding carboxylic acids is 2. The van der Waals surface area contributed by atoms with Gasteiger partial charge in [-0.15, -0.1) is 0 Å². The second-order valence-electron chi connectivity index (χ2n) is 3.09. The minimum Gasteiger partial charge on any atom is -0.351 e. The largest absolute Gasteiger partial charge is 0.351 e. The lowest BCUT2D eigenvalue weighted by molar-refractivity contribution is -0.122. The monoisotopic (exact) mass is 322 g/mol. The first-order chi connectivity index (χ1) is 7.84. The van der Waals surface area contributed by atoms with E-state index in [1.54, 1.807) is 0 Å². The molecule has 0 aliphatic carbocycles. The first kappa shape index (κ1) is 13.7. The average molecular weight is 324 g/mol. The van der Waals surface area contributed by atoms with Gasteiger partial charge in [0.25, 0.3) is 11.5 Å². The Morgan fingerprint density at radius 1 is 1.65 bits per heavy atom. The molecule has 17 heavy (non-hydrogen) atoms. The summed E-state index contributed by atoms with van der Waals surface area (Å²) in [5.41, 5.74) is 4.27. The SMILES string of the molecule is CC(C(=O)NC(N)=O)n1cnc(Cl)c(Br)c1=O. The predicted molar refractivity (Wildman–Crippen MR) is 63.6 cm³/mol. The van der Waals surface area contributed by atoms with Crippen LogP contribution in [0.3, 0.4) is 0 Å². The fourth-order valence-electron chi connectivity index (χ4n) is 1.05. The Kier molecular flexibility index (Phi) is 4.24. The lowest BCUT2D eigenvalue weighted by Crippen LogP contribution is -2.41. The molecule has 3 amide bonds. The number of halogens is 2. The average Bonchev–Trinajstić information content (AvgIpc) is 2.24. The number of amides is 3.